The van der Waals surface area contributed by atoms with Crippen LogP contribution in [0.15, 0.2) is 66.7 Å². The summed E-state index contributed by atoms with van der Waals surface area (Å²) in [6, 6.07) is 20.4. The average Bonchev–Trinajstić information content (AvgIpc) is 2.73. The maximum atomic E-state index is 13.9. The maximum absolute atomic E-state index is 13.9. The van der Waals surface area contributed by atoms with E-state index in [1.54, 1.807) is 18.2 Å². The van der Waals surface area contributed by atoms with Crippen LogP contribution in [0.1, 0.15) is 52.7 Å². The molecule has 5 heteroatoms. The predicted molar refractivity (Wildman–Crippen MR) is 132 cm³/mol. The summed E-state index contributed by atoms with van der Waals surface area (Å²) in [5.74, 6) is 0.783. The minimum absolute atomic E-state index is 0.277. The third kappa shape index (κ3) is 4.92. The Balaban J connectivity index is 2.25. The number of phenolic OH excluding ortho intramolecular Hbond substituents is 1. The molecule has 4 nitrogen and oxygen atoms in total. The van der Waals surface area contributed by atoms with E-state index in [1.165, 1.54) is 7.11 Å². The molecule has 0 heterocycles. The van der Waals surface area contributed by atoms with Crippen molar-refractivity contribution in [2.45, 2.75) is 52.4 Å². The average molecular weight is 453 g/mol. The van der Waals surface area contributed by atoms with Crippen molar-refractivity contribution in [2.24, 2.45) is 0 Å². The first-order valence-electron chi connectivity index (χ1n) is 10.8. The molecule has 0 saturated heterocycles. The quantitative estimate of drug-likeness (QED) is 0.416. The fourth-order valence-electron chi connectivity index (χ4n) is 3.69. The van der Waals surface area contributed by atoms with E-state index in [9.17, 15) is 9.67 Å². The third-order valence-electron chi connectivity index (χ3n) is 5.45. The topological polar surface area (TPSA) is 55.8 Å². The van der Waals surface area contributed by atoms with Gasteiger partial charge in [0.15, 0.2) is 0 Å². The second kappa shape index (κ2) is 8.77. The summed E-state index contributed by atoms with van der Waals surface area (Å²) in [5, 5.41) is 11.6. The molecule has 3 aromatic carbocycles. The third-order valence-corrected chi connectivity index (χ3v) is 7.36. The Morgan fingerprint density at radius 1 is 0.781 bits per heavy atom. The van der Waals surface area contributed by atoms with Gasteiger partial charge >= 0.3 is 7.60 Å². The van der Waals surface area contributed by atoms with Crippen molar-refractivity contribution in [3.63, 3.8) is 0 Å². The number of hydrogen-bond donors (Lipinski definition) is 1. The van der Waals surface area contributed by atoms with E-state index >= 15 is 0 Å². The van der Waals surface area contributed by atoms with Crippen LogP contribution in [-0.4, -0.2) is 12.2 Å². The lowest BCUT2D eigenvalue weighted by Crippen LogP contribution is -2.19. The smallest absolute Gasteiger partial charge is 0.411 e. The lowest BCUT2D eigenvalue weighted by molar-refractivity contribution is 0.334. The number of benzene rings is 3. The van der Waals surface area contributed by atoms with Gasteiger partial charge in [-0.1, -0.05) is 77.9 Å². The fraction of sp³-hybridized carbons (Fsp3) is 0.333. The zero-order chi connectivity index (χ0) is 23.7. The van der Waals surface area contributed by atoms with Crippen LogP contribution in [0.5, 0.6) is 11.5 Å². The monoisotopic (exact) mass is 452 g/mol. The predicted octanol–water partition coefficient (Wildman–Crippen LogP) is 7.20. The van der Waals surface area contributed by atoms with E-state index in [-0.39, 0.29) is 10.8 Å². The van der Waals surface area contributed by atoms with Gasteiger partial charge in [-0.3, -0.25) is 4.52 Å². The number of aromatic hydroxyl groups is 1. The van der Waals surface area contributed by atoms with Crippen molar-refractivity contribution < 1.29 is 18.7 Å². The van der Waals surface area contributed by atoms with Crippen LogP contribution >= 0.6 is 7.60 Å². The standard InChI is InChI=1S/C27H33O4P/c1-26(2,3)22-17-19(18-23(25(22)28)27(4,5)6)21-15-11-12-16-24(21)32(29,30-7)31-20-13-9-8-10-14-20/h8-18,28H,1-7H3. The van der Waals surface area contributed by atoms with Crippen molar-refractivity contribution >= 4 is 12.9 Å². The molecule has 0 amide bonds. The van der Waals surface area contributed by atoms with E-state index < -0.39 is 7.60 Å². The summed E-state index contributed by atoms with van der Waals surface area (Å²) in [6.07, 6.45) is 0. The van der Waals surface area contributed by atoms with Crippen LogP contribution in [0.4, 0.5) is 0 Å². The molecule has 0 bridgehead atoms. The lowest BCUT2D eigenvalue weighted by Gasteiger charge is -2.29. The van der Waals surface area contributed by atoms with E-state index in [2.05, 4.69) is 41.5 Å². The molecule has 0 spiro atoms. The minimum atomic E-state index is -3.66. The Hall–Kier alpha value is -2.55. The summed E-state index contributed by atoms with van der Waals surface area (Å²) >= 11 is 0. The molecule has 1 atom stereocenters. The van der Waals surface area contributed by atoms with E-state index in [0.717, 1.165) is 22.3 Å². The van der Waals surface area contributed by atoms with Gasteiger partial charge in [0.05, 0.1) is 5.30 Å². The van der Waals surface area contributed by atoms with Crippen LogP contribution in [-0.2, 0) is 19.9 Å². The molecule has 3 rings (SSSR count). The number of phenols is 1. The second-order valence-electron chi connectivity index (χ2n) is 10.0. The number of rotatable bonds is 5. The summed E-state index contributed by atoms with van der Waals surface area (Å²) in [5.41, 5.74) is 2.74. The van der Waals surface area contributed by atoms with Crippen LogP contribution < -0.4 is 9.83 Å². The summed E-state index contributed by atoms with van der Waals surface area (Å²) in [4.78, 5) is 0. The zero-order valence-corrected chi connectivity index (χ0v) is 20.9. The Kier molecular flexibility index (Phi) is 6.60. The molecule has 0 aliphatic heterocycles. The van der Waals surface area contributed by atoms with Crippen molar-refractivity contribution in [3.8, 4) is 22.6 Å². The SMILES string of the molecule is COP(=O)(Oc1ccccc1)c1ccccc1-c1cc(C(C)(C)C)c(O)c(C(C)(C)C)c1. The van der Waals surface area contributed by atoms with E-state index in [0.29, 0.717) is 16.8 Å². The summed E-state index contributed by atoms with van der Waals surface area (Å²) < 4.78 is 25.3. The highest BCUT2D eigenvalue weighted by Crippen LogP contribution is 2.50. The molecule has 0 aliphatic rings. The van der Waals surface area contributed by atoms with E-state index in [4.69, 9.17) is 9.05 Å². The van der Waals surface area contributed by atoms with Gasteiger partial charge in [0.1, 0.15) is 11.5 Å². The first-order chi connectivity index (χ1) is 14.9. The van der Waals surface area contributed by atoms with Crippen molar-refractivity contribution in [3.05, 3.63) is 77.9 Å². The van der Waals surface area contributed by atoms with Crippen LogP contribution in [0, 0.1) is 0 Å². The molecule has 0 fully saturated rings. The van der Waals surface area contributed by atoms with Crippen molar-refractivity contribution in [1.29, 1.82) is 0 Å². The molecule has 3 aromatic rings. The fourth-order valence-corrected chi connectivity index (χ4v) is 5.23. The Bertz CT molecular complexity index is 1100. The van der Waals surface area contributed by atoms with Gasteiger partial charge in [0.25, 0.3) is 0 Å². The molecule has 0 radical (unpaired) electrons. The summed E-state index contributed by atoms with van der Waals surface area (Å²) in [6.45, 7) is 12.4. The highest BCUT2D eigenvalue weighted by molar-refractivity contribution is 7.62. The Morgan fingerprint density at radius 3 is 1.78 bits per heavy atom. The van der Waals surface area contributed by atoms with Gasteiger partial charge in [-0.2, -0.15) is 0 Å². The second-order valence-corrected chi connectivity index (χ2v) is 12.0. The molecule has 0 aliphatic carbocycles. The van der Waals surface area contributed by atoms with Gasteiger partial charge < -0.3 is 9.63 Å². The van der Waals surface area contributed by atoms with Crippen LogP contribution in [0.3, 0.4) is 0 Å². The Labute approximate surface area is 191 Å². The molecular weight excluding hydrogens is 419 g/mol. The summed E-state index contributed by atoms with van der Waals surface area (Å²) in [7, 11) is -2.26. The first kappa shape index (κ1) is 24.1. The van der Waals surface area contributed by atoms with Gasteiger partial charge in [-0.05, 0) is 52.3 Å². The molecule has 0 aromatic heterocycles. The first-order valence-corrected chi connectivity index (χ1v) is 12.3. The zero-order valence-electron chi connectivity index (χ0n) is 20.0. The van der Waals surface area contributed by atoms with Crippen molar-refractivity contribution in [2.75, 3.05) is 7.11 Å². The van der Waals surface area contributed by atoms with Gasteiger partial charge in [-0.25, -0.2) is 4.57 Å². The highest BCUT2D eigenvalue weighted by Gasteiger charge is 2.33. The molecule has 170 valence electrons. The van der Waals surface area contributed by atoms with Crippen molar-refractivity contribution in [1.82, 2.24) is 0 Å². The van der Waals surface area contributed by atoms with Gasteiger partial charge in [-0.15, -0.1) is 0 Å². The Morgan fingerprint density at radius 2 is 1.28 bits per heavy atom. The van der Waals surface area contributed by atoms with Gasteiger partial charge in [0.2, 0.25) is 0 Å². The maximum Gasteiger partial charge on any atom is 0.411 e. The van der Waals surface area contributed by atoms with Crippen LogP contribution in [0.25, 0.3) is 11.1 Å². The van der Waals surface area contributed by atoms with E-state index in [1.807, 2.05) is 48.5 Å². The lowest BCUT2D eigenvalue weighted by atomic mass is 9.78. The molecule has 32 heavy (non-hydrogen) atoms. The normalized spacial score (nSPS) is 14.1. The largest absolute Gasteiger partial charge is 0.507 e. The van der Waals surface area contributed by atoms with Crippen LogP contribution in [0.2, 0.25) is 0 Å². The minimum Gasteiger partial charge on any atom is -0.507 e. The van der Waals surface area contributed by atoms with Gasteiger partial charge in [0, 0.05) is 18.2 Å². The molecule has 1 N–H and O–H groups in total. The molecule has 1 unspecified atom stereocenters. The number of hydrogen-bond acceptors (Lipinski definition) is 4. The number of para-hydroxylation sites is 1. The molecular formula is C27H33O4P. The highest BCUT2D eigenvalue weighted by atomic mass is 31.2. The molecule has 0 saturated carbocycles.